The van der Waals surface area contributed by atoms with Crippen molar-refractivity contribution in [3.05, 3.63) is 63.9 Å². The summed E-state index contributed by atoms with van der Waals surface area (Å²) in [7, 11) is 0. The first kappa shape index (κ1) is 15.7. The van der Waals surface area contributed by atoms with E-state index in [0.717, 1.165) is 12.8 Å². The van der Waals surface area contributed by atoms with E-state index in [1.807, 2.05) is 0 Å². The molecule has 2 aromatic rings. The van der Waals surface area contributed by atoms with Gasteiger partial charge in [0.2, 0.25) is 0 Å². The summed E-state index contributed by atoms with van der Waals surface area (Å²) in [6.07, 6.45) is 2.05. The topological polar surface area (TPSA) is 58.2 Å². The van der Waals surface area contributed by atoms with Crippen molar-refractivity contribution >= 4 is 33.4 Å². The lowest BCUT2D eigenvalue weighted by atomic mass is 10.1. The Hall–Kier alpha value is -2.21. The van der Waals surface area contributed by atoms with Gasteiger partial charge in [-0.05, 0) is 55.3 Å². The van der Waals surface area contributed by atoms with Crippen LogP contribution in [0.2, 0.25) is 0 Å². The Bertz CT molecular complexity index is 758. The molecule has 118 valence electrons. The second-order valence-corrected chi connectivity index (χ2v) is 6.32. The van der Waals surface area contributed by atoms with Gasteiger partial charge < -0.3 is 10.6 Å². The number of anilines is 1. The predicted octanol–water partition coefficient (Wildman–Crippen LogP) is 3.73. The van der Waals surface area contributed by atoms with Crippen molar-refractivity contribution < 1.29 is 14.0 Å². The molecule has 0 aliphatic heterocycles. The maximum Gasteiger partial charge on any atom is 0.258 e. The molecule has 0 atom stereocenters. The molecule has 4 nitrogen and oxygen atoms in total. The van der Waals surface area contributed by atoms with Crippen molar-refractivity contribution in [2.24, 2.45) is 0 Å². The second kappa shape index (κ2) is 6.50. The van der Waals surface area contributed by atoms with Gasteiger partial charge in [0.15, 0.2) is 0 Å². The molecule has 2 aromatic carbocycles. The van der Waals surface area contributed by atoms with Gasteiger partial charge in [-0.25, -0.2) is 4.39 Å². The normalized spacial score (nSPS) is 13.5. The first-order chi connectivity index (χ1) is 11.0. The van der Waals surface area contributed by atoms with Crippen LogP contribution in [0.25, 0.3) is 0 Å². The lowest BCUT2D eigenvalue weighted by molar-refractivity contribution is 0.0950. The van der Waals surface area contributed by atoms with E-state index in [1.54, 1.807) is 24.3 Å². The number of carbonyl (C=O) groups excluding carboxylic acids is 2. The molecule has 3 rings (SSSR count). The van der Waals surface area contributed by atoms with Crippen molar-refractivity contribution in [2.45, 2.75) is 18.9 Å². The lowest BCUT2D eigenvalue weighted by Crippen LogP contribution is -2.25. The summed E-state index contributed by atoms with van der Waals surface area (Å²) < 4.78 is 14.3. The Morgan fingerprint density at radius 2 is 1.74 bits per heavy atom. The maximum absolute atomic E-state index is 13.7. The minimum absolute atomic E-state index is 0.0464. The van der Waals surface area contributed by atoms with Crippen molar-refractivity contribution in [3.8, 4) is 0 Å². The quantitative estimate of drug-likeness (QED) is 0.853. The first-order valence-corrected chi connectivity index (χ1v) is 7.99. The van der Waals surface area contributed by atoms with E-state index in [0.29, 0.717) is 21.8 Å². The molecule has 0 saturated heterocycles. The minimum Gasteiger partial charge on any atom is -0.349 e. The number of carbonyl (C=O) groups is 2. The molecule has 0 radical (unpaired) electrons. The zero-order chi connectivity index (χ0) is 16.4. The molecule has 0 aromatic heterocycles. The van der Waals surface area contributed by atoms with Gasteiger partial charge in [-0.1, -0.05) is 15.9 Å². The van der Waals surface area contributed by atoms with Crippen LogP contribution in [0.15, 0.2) is 46.9 Å². The average molecular weight is 377 g/mol. The maximum atomic E-state index is 13.7. The van der Waals surface area contributed by atoms with Gasteiger partial charge in [0.1, 0.15) is 5.82 Å². The molecule has 0 unspecified atom stereocenters. The van der Waals surface area contributed by atoms with E-state index in [9.17, 15) is 14.0 Å². The number of halogens is 2. The van der Waals surface area contributed by atoms with Crippen LogP contribution in [0.1, 0.15) is 33.6 Å². The number of rotatable bonds is 4. The lowest BCUT2D eigenvalue weighted by Gasteiger charge is -2.08. The highest BCUT2D eigenvalue weighted by Crippen LogP contribution is 2.20. The van der Waals surface area contributed by atoms with E-state index in [1.165, 1.54) is 18.2 Å². The summed E-state index contributed by atoms with van der Waals surface area (Å²) in [6.45, 7) is 0. The Morgan fingerprint density at radius 3 is 2.39 bits per heavy atom. The SMILES string of the molecule is O=C(NC1CC1)c1ccc(NC(=O)c2cc(Br)ccc2F)cc1. The molecule has 0 bridgehead atoms. The van der Waals surface area contributed by atoms with Crippen LogP contribution >= 0.6 is 15.9 Å². The predicted molar refractivity (Wildman–Crippen MR) is 89.0 cm³/mol. The van der Waals surface area contributed by atoms with E-state index >= 15 is 0 Å². The first-order valence-electron chi connectivity index (χ1n) is 7.20. The molecule has 1 aliphatic rings. The third-order valence-electron chi connectivity index (χ3n) is 3.49. The summed E-state index contributed by atoms with van der Waals surface area (Å²) in [5, 5.41) is 5.50. The minimum atomic E-state index is -0.592. The Kier molecular flexibility index (Phi) is 4.43. The fourth-order valence-corrected chi connectivity index (χ4v) is 2.43. The highest BCUT2D eigenvalue weighted by molar-refractivity contribution is 9.10. The number of hydrogen-bond donors (Lipinski definition) is 2. The van der Waals surface area contributed by atoms with Crippen LogP contribution in [0.3, 0.4) is 0 Å². The molecule has 1 fully saturated rings. The van der Waals surface area contributed by atoms with Gasteiger partial charge in [0.25, 0.3) is 11.8 Å². The third-order valence-corrected chi connectivity index (χ3v) is 3.98. The summed E-state index contributed by atoms with van der Waals surface area (Å²) in [5.74, 6) is -1.26. The standard InChI is InChI=1S/C17H14BrFN2O2/c18-11-3-8-15(19)14(9-11)17(23)21-12-4-1-10(2-5-12)16(22)20-13-6-7-13/h1-5,8-9,13H,6-7H2,(H,20,22)(H,21,23). The average Bonchev–Trinajstić information content (AvgIpc) is 3.34. The Morgan fingerprint density at radius 1 is 1.04 bits per heavy atom. The van der Waals surface area contributed by atoms with Gasteiger partial charge in [-0.15, -0.1) is 0 Å². The second-order valence-electron chi connectivity index (χ2n) is 5.40. The monoisotopic (exact) mass is 376 g/mol. The van der Waals surface area contributed by atoms with Gasteiger partial charge in [0.05, 0.1) is 5.56 Å². The molecule has 2 N–H and O–H groups in total. The zero-order valence-electron chi connectivity index (χ0n) is 12.1. The number of benzene rings is 2. The van der Waals surface area contributed by atoms with E-state index < -0.39 is 11.7 Å². The van der Waals surface area contributed by atoms with Crippen molar-refractivity contribution in [3.63, 3.8) is 0 Å². The summed E-state index contributed by atoms with van der Waals surface area (Å²) in [5.41, 5.74) is 0.982. The van der Waals surface area contributed by atoms with Crippen LogP contribution in [-0.4, -0.2) is 17.9 Å². The van der Waals surface area contributed by atoms with Crippen LogP contribution in [0.4, 0.5) is 10.1 Å². The largest absolute Gasteiger partial charge is 0.349 e. The highest BCUT2D eigenvalue weighted by atomic mass is 79.9. The van der Waals surface area contributed by atoms with Gasteiger partial charge in [-0.3, -0.25) is 9.59 Å². The van der Waals surface area contributed by atoms with Crippen LogP contribution in [0, 0.1) is 5.82 Å². The third kappa shape index (κ3) is 3.96. The van der Waals surface area contributed by atoms with Crippen LogP contribution in [0.5, 0.6) is 0 Å². The molecule has 6 heteroatoms. The molecule has 1 aliphatic carbocycles. The zero-order valence-corrected chi connectivity index (χ0v) is 13.7. The molecule has 0 heterocycles. The highest BCUT2D eigenvalue weighted by Gasteiger charge is 2.23. The Labute approximate surface area is 141 Å². The van der Waals surface area contributed by atoms with Gasteiger partial charge in [0, 0.05) is 21.8 Å². The molecule has 0 spiro atoms. The fraction of sp³-hybridized carbons (Fsp3) is 0.176. The van der Waals surface area contributed by atoms with Crippen molar-refractivity contribution in [2.75, 3.05) is 5.32 Å². The summed E-state index contributed by atoms with van der Waals surface area (Å²) >= 11 is 3.21. The smallest absolute Gasteiger partial charge is 0.258 e. The number of nitrogens with one attached hydrogen (secondary N) is 2. The fourth-order valence-electron chi connectivity index (χ4n) is 2.07. The molecular formula is C17H14BrFN2O2. The molecular weight excluding hydrogens is 363 g/mol. The number of amides is 2. The molecule has 1 saturated carbocycles. The summed E-state index contributed by atoms with van der Waals surface area (Å²) in [6, 6.07) is 11.0. The number of hydrogen-bond acceptors (Lipinski definition) is 2. The van der Waals surface area contributed by atoms with Crippen LogP contribution < -0.4 is 10.6 Å². The van der Waals surface area contributed by atoms with Gasteiger partial charge in [-0.2, -0.15) is 0 Å². The van der Waals surface area contributed by atoms with Crippen LogP contribution in [-0.2, 0) is 0 Å². The molecule has 23 heavy (non-hydrogen) atoms. The van der Waals surface area contributed by atoms with E-state index in [4.69, 9.17) is 0 Å². The summed E-state index contributed by atoms with van der Waals surface area (Å²) in [4.78, 5) is 24.0. The Balaban J connectivity index is 1.68. The van der Waals surface area contributed by atoms with Crippen molar-refractivity contribution in [1.29, 1.82) is 0 Å². The van der Waals surface area contributed by atoms with E-state index in [2.05, 4.69) is 26.6 Å². The van der Waals surface area contributed by atoms with Gasteiger partial charge >= 0.3 is 0 Å². The van der Waals surface area contributed by atoms with Crippen molar-refractivity contribution in [1.82, 2.24) is 5.32 Å². The molecule has 2 amide bonds. The van der Waals surface area contributed by atoms with E-state index in [-0.39, 0.29) is 11.5 Å².